The Morgan fingerprint density at radius 3 is 2.29 bits per heavy atom. The van der Waals surface area contributed by atoms with E-state index in [-0.39, 0.29) is 18.4 Å². The molecule has 1 atom stereocenters. The fourth-order valence-corrected chi connectivity index (χ4v) is 1.70. The van der Waals surface area contributed by atoms with Gasteiger partial charge in [-0.05, 0) is 18.1 Å². The van der Waals surface area contributed by atoms with E-state index in [1.165, 1.54) is 7.11 Å². The second kappa shape index (κ2) is 8.04. The van der Waals surface area contributed by atoms with Gasteiger partial charge in [0.25, 0.3) is 5.91 Å². The fraction of sp³-hybridized carbons (Fsp3) is 0.400. The molecule has 0 spiro atoms. The van der Waals surface area contributed by atoms with Gasteiger partial charge < -0.3 is 15.4 Å². The molecule has 0 aliphatic carbocycles. The molecule has 0 unspecified atom stereocenters. The number of nitrogens with one attached hydrogen (secondary N) is 2. The Balaban J connectivity index is 2.50. The number of hydrogen-bond acceptors (Lipinski definition) is 4. The monoisotopic (exact) mass is 292 g/mol. The minimum absolute atomic E-state index is 0.105. The number of amides is 2. The molecule has 1 rings (SSSR count). The number of rotatable bonds is 6. The van der Waals surface area contributed by atoms with Gasteiger partial charge in [-0.25, -0.2) is 4.79 Å². The zero-order chi connectivity index (χ0) is 15.8. The minimum atomic E-state index is -0.726. The molecular weight excluding hydrogens is 272 g/mol. The molecule has 21 heavy (non-hydrogen) atoms. The Kier molecular flexibility index (Phi) is 6.39. The molecule has 1 aromatic rings. The number of carbonyl (C=O) groups excluding carboxylic acids is 3. The fourth-order valence-electron chi connectivity index (χ4n) is 1.70. The summed E-state index contributed by atoms with van der Waals surface area (Å²) in [6.45, 7) is 3.39. The number of hydrogen-bond donors (Lipinski definition) is 2. The van der Waals surface area contributed by atoms with Crippen LogP contribution in [0.15, 0.2) is 30.3 Å². The maximum absolute atomic E-state index is 11.8. The molecule has 0 fully saturated rings. The van der Waals surface area contributed by atoms with Crippen LogP contribution in [0.25, 0.3) is 0 Å². The summed E-state index contributed by atoms with van der Waals surface area (Å²) in [5, 5.41) is 5.04. The van der Waals surface area contributed by atoms with Crippen LogP contribution in [0.1, 0.15) is 24.2 Å². The van der Waals surface area contributed by atoms with Crippen molar-refractivity contribution in [1.29, 1.82) is 0 Å². The van der Waals surface area contributed by atoms with Crippen LogP contribution in [-0.4, -0.2) is 37.5 Å². The van der Waals surface area contributed by atoms with Crippen LogP contribution < -0.4 is 10.6 Å². The van der Waals surface area contributed by atoms with Crippen molar-refractivity contribution in [2.24, 2.45) is 5.92 Å². The SMILES string of the molecule is COC(=O)[C@H](NC(=O)CNC(=O)c1ccccc1)C(C)C. The van der Waals surface area contributed by atoms with E-state index in [4.69, 9.17) is 0 Å². The molecule has 0 bridgehead atoms. The lowest BCUT2D eigenvalue weighted by atomic mass is 10.0. The van der Waals surface area contributed by atoms with Crippen LogP contribution in [0.4, 0.5) is 0 Å². The van der Waals surface area contributed by atoms with Gasteiger partial charge in [0.1, 0.15) is 6.04 Å². The van der Waals surface area contributed by atoms with Gasteiger partial charge in [0.15, 0.2) is 0 Å². The van der Waals surface area contributed by atoms with Gasteiger partial charge in [-0.3, -0.25) is 9.59 Å². The number of methoxy groups -OCH3 is 1. The third kappa shape index (κ3) is 5.25. The van der Waals surface area contributed by atoms with Crippen LogP contribution in [0.3, 0.4) is 0 Å². The van der Waals surface area contributed by atoms with Crippen molar-refractivity contribution in [3.63, 3.8) is 0 Å². The molecule has 1 aromatic carbocycles. The van der Waals surface area contributed by atoms with Gasteiger partial charge in [0, 0.05) is 5.56 Å². The molecule has 0 saturated carbocycles. The first-order chi connectivity index (χ1) is 9.95. The summed E-state index contributed by atoms with van der Waals surface area (Å²) in [5.41, 5.74) is 0.471. The lowest BCUT2D eigenvalue weighted by Crippen LogP contribution is -2.48. The number of esters is 1. The summed E-state index contributed by atoms with van der Waals surface area (Å²) in [5.74, 6) is -1.40. The van der Waals surface area contributed by atoms with E-state index < -0.39 is 17.9 Å². The first-order valence-corrected chi connectivity index (χ1v) is 6.66. The molecule has 0 saturated heterocycles. The van der Waals surface area contributed by atoms with Gasteiger partial charge in [-0.1, -0.05) is 32.0 Å². The Hall–Kier alpha value is -2.37. The Bertz CT molecular complexity index is 500. The first kappa shape index (κ1) is 16.7. The maximum Gasteiger partial charge on any atom is 0.328 e. The summed E-state index contributed by atoms with van der Waals surface area (Å²) in [7, 11) is 1.26. The summed E-state index contributed by atoms with van der Waals surface area (Å²) in [4.78, 5) is 35.1. The summed E-state index contributed by atoms with van der Waals surface area (Å²) in [6.07, 6.45) is 0. The quantitative estimate of drug-likeness (QED) is 0.757. The van der Waals surface area contributed by atoms with E-state index in [1.807, 2.05) is 0 Å². The van der Waals surface area contributed by atoms with E-state index in [0.717, 1.165) is 0 Å². The van der Waals surface area contributed by atoms with Gasteiger partial charge >= 0.3 is 5.97 Å². The Morgan fingerprint density at radius 1 is 1.14 bits per heavy atom. The molecule has 6 heteroatoms. The van der Waals surface area contributed by atoms with Crippen LogP contribution >= 0.6 is 0 Å². The lowest BCUT2D eigenvalue weighted by Gasteiger charge is -2.19. The molecule has 2 N–H and O–H groups in total. The summed E-state index contributed by atoms with van der Waals surface area (Å²) < 4.78 is 4.63. The first-order valence-electron chi connectivity index (χ1n) is 6.66. The van der Waals surface area contributed by atoms with E-state index in [9.17, 15) is 14.4 Å². The zero-order valence-electron chi connectivity index (χ0n) is 12.4. The van der Waals surface area contributed by atoms with E-state index >= 15 is 0 Å². The molecular formula is C15H20N2O4. The topological polar surface area (TPSA) is 84.5 Å². The van der Waals surface area contributed by atoms with Crippen molar-refractivity contribution in [3.05, 3.63) is 35.9 Å². The Morgan fingerprint density at radius 2 is 1.76 bits per heavy atom. The van der Waals surface area contributed by atoms with Gasteiger partial charge in [0.05, 0.1) is 13.7 Å². The number of carbonyl (C=O) groups is 3. The van der Waals surface area contributed by atoms with E-state index in [2.05, 4.69) is 15.4 Å². The van der Waals surface area contributed by atoms with Crippen molar-refractivity contribution in [2.45, 2.75) is 19.9 Å². The Labute approximate surface area is 123 Å². The predicted octanol–water partition coefficient (Wildman–Crippen LogP) is 0.730. The van der Waals surface area contributed by atoms with Crippen LogP contribution in [-0.2, 0) is 14.3 Å². The lowest BCUT2D eigenvalue weighted by molar-refractivity contribution is -0.146. The van der Waals surface area contributed by atoms with Gasteiger partial charge in [-0.15, -0.1) is 0 Å². The maximum atomic E-state index is 11.8. The number of benzene rings is 1. The second-order valence-electron chi connectivity index (χ2n) is 4.86. The molecule has 0 aliphatic heterocycles. The van der Waals surface area contributed by atoms with Crippen LogP contribution in [0.5, 0.6) is 0 Å². The third-order valence-corrected chi connectivity index (χ3v) is 2.88. The molecule has 0 radical (unpaired) electrons. The highest BCUT2D eigenvalue weighted by Gasteiger charge is 2.24. The average Bonchev–Trinajstić information content (AvgIpc) is 2.50. The number of ether oxygens (including phenoxy) is 1. The van der Waals surface area contributed by atoms with Crippen molar-refractivity contribution < 1.29 is 19.1 Å². The second-order valence-corrected chi connectivity index (χ2v) is 4.86. The van der Waals surface area contributed by atoms with Crippen LogP contribution in [0.2, 0.25) is 0 Å². The smallest absolute Gasteiger partial charge is 0.328 e. The highest BCUT2D eigenvalue weighted by molar-refractivity contribution is 5.96. The molecule has 0 heterocycles. The highest BCUT2D eigenvalue weighted by Crippen LogP contribution is 2.03. The van der Waals surface area contributed by atoms with E-state index in [1.54, 1.807) is 44.2 Å². The summed E-state index contributed by atoms with van der Waals surface area (Å²) in [6, 6.07) is 7.85. The summed E-state index contributed by atoms with van der Waals surface area (Å²) >= 11 is 0. The van der Waals surface area contributed by atoms with Crippen LogP contribution in [0, 0.1) is 5.92 Å². The van der Waals surface area contributed by atoms with Crippen molar-refractivity contribution >= 4 is 17.8 Å². The van der Waals surface area contributed by atoms with Crippen molar-refractivity contribution in [2.75, 3.05) is 13.7 Å². The molecule has 0 aromatic heterocycles. The van der Waals surface area contributed by atoms with Crippen molar-refractivity contribution in [3.8, 4) is 0 Å². The predicted molar refractivity (Wildman–Crippen MR) is 77.6 cm³/mol. The normalized spacial score (nSPS) is 11.6. The van der Waals surface area contributed by atoms with E-state index in [0.29, 0.717) is 5.56 Å². The standard InChI is InChI=1S/C15H20N2O4/c1-10(2)13(15(20)21-3)17-12(18)9-16-14(19)11-7-5-4-6-8-11/h4-8,10,13H,9H2,1-3H3,(H,16,19)(H,17,18)/t13-/m1/s1. The third-order valence-electron chi connectivity index (χ3n) is 2.88. The molecule has 6 nitrogen and oxygen atoms in total. The highest BCUT2D eigenvalue weighted by atomic mass is 16.5. The average molecular weight is 292 g/mol. The van der Waals surface area contributed by atoms with Gasteiger partial charge in [0.2, 0.25) is 5.91 Å². The molecule has 2 amide bonds. The van der Waals surface area contributed by atoms with Gasteiger partial charge in [-0.2, -0.15) is 0 Å². The van der Waals surface area contributed by atoms with Crippen molar-refractivity contribution in [1.82, 2.24) is 10.6 Å². The molecule has 114 valence electrons. The molecule has 0 aliphatic rings. The largest absolute Gasteiger partial charge is 0.467 e. The zero-order valence-corrected chi connectivity index (χ0v) is 12.4. The minimum Gasteiger partial charge on any atom is -0.467 e.